The van der Waals surface area contributed by atoms with E-state index in [4.69, 9.17) is 0 Å². The zero-order chi connectivity index (χ0) is 14.8. The smallest absolute Gasteiger partial charge is 0 e. The molecule has 0 saturated carbocycles. The Balaban J connectivity index is 0.00000176. The number of hydrogen-bond acceptors (Lipinski definition) is 0. The van der Waals surface area contributed by atoms with Gasteiger partial charge in [0.15, 0.2) is 0 Å². The number of aryl methyl sites for hydroxylation is 3. The molecule has 0 radical (unpaired) electrons. The summed E-state index contributed by atoms with van der Waals surface area (Å²) in [5.74, 6) is 0. The van der Waals surface area contributed by atoms with Gasteiger partial charge in [-0.15, -0.1) is 28.5 Å². The van der Waals surface area contributed by atoms with Crippen molar-refractivity contribution >= 4 is 10.8 Å². The van der Waals surface area contributed by atoms with Gasteiger partial charge in [-0.05, 0) is 30.9 Å². The first kappa shape index (κ1) is 17.3. The molecule has 0 spiro atoms. The predicted molar refractivity (Wildman–Crippen MR) is 93.1 cm³/mol. The van der Waals surface area contributed by atoms with Gasteiger partial charge in [0.25, 0.3) is 0 Å². The maximum Gasteiger partial charge on any atom is 0 e. The third-order valence-corrected chi connectivity index (χ3v) is 4.20. The zero-order valence-corrected chi connectivity index (χ0v) is 16.2. The Morgan fingerprint density at radius 2 is 1.68 bits per heavy atom. The number of benzene rings is 2. The molecule has 3 rings (SSSR count). The molecule has 0 aromatic heterocycles. The van der Waals surface area contributed by atoms with E-state index in [2.05, 4.69) is 69.3 Å². The average Bonchev–Trinajstić information content (AvgIpc) is 2.85. The summed E-state index contributed by atoms with van der Waals surface area (Å²) < 4.78 is 0. The van der Waals surface area contributed by atoms with Gasteiger partial charge in [0.05, 0.1) is 0 Å². The first-order chi connectivity index (χ1) is 10.2. The van der Waals surface area contributed by atoms with Crippen molar-refractivity contribution in [1.29, 1.82) is 0 Å². The quantitative estimate of drug-likeness (QED) is 0.483. The number of rotatable bonds is 4. The van der Waals surface area contributed by atoms with Crippen molar-refractivity contribution < 1.29 is 26.2 Å². The molecule has 0 heterocycles. The average molecular weight is 367 g/mol. The standard InChI is InChI=1S/C21H23.Zr/c1-4-5-6-17-7-9-18(10-8-17)20-13-15(2)11-19-12-16(3)14-21(19)20;/h7-14H,4-6H2,1-3H3;/q-1;. The summed E-state index contributed by atoms with van der Waals surface area (Å²) in [4.78, 5) is 0. The maximum atomic E-state index is 2.31. The normalized spacial score (nSPS) is 10.7. The van der Waals surface area contributed by atoms with Crippen LogP contribution in [-0.2, 0) is 32.6 Å². The minimum Gasteiger partial charge on any atom is -0.165 e. The van der Waals surface area contributed by atoms with E-state index in [9.17, 15) is 0 Å². The van der Waals surface area contributed by atoms with Crippen LogP contribution in [0, 0.1) is 13.8 Å². The number of unbranched alkanes of at least 4 members (excludes halogenated alkanes) is 1. The molecular formula is C21H23Zr-. The largest absolute Gasteiger partial charge is 0.165 e. The van der Waals surface area contributed by atoms with Crippen molar-refractivity contribution in [1.82, 2.24) is 0 Å². The number of fused-ring (bicyclic) bond motifs is 1. The first-order valence-electron chi connectivity index (χ1n) is 7.94. The van der Waals surface area contributed by atoms with E-state index in [1.165, 1.54) is 57.9 Å². The van der Waals surface area contributed by atoms with Gasteiger partial charge in [0.2, 0.25) is 0 Å². The molecule has 0 fully saturated rings. The molecule has 22 heavy (non-hydrogen) atoms. The van der Waals surface area contributed by atoms with Crippen molar-refractivity contribution in [3.63, 3.8) is 0 Å². The molecule has 0 aliphatic carbocycles. The van der Waals surface area contributed by atoms with Gasteiger partial charge in [0.1, 0.15) is 0 Å². The monoisotopic (exact) mass is 365 g/mol. The van der Waals surface area contributed by atoms with E-state index in [0.717, 1.165) is 0 Å². The summed E-state index contributed by atoms with van der Waals surface area (Å²) in [6, 6.07) is 18.3. The van der Waals surface area contributed by atoms with Gasteiger partial charge in [-0.1, -0.05) is 61.7 Å². The first-order valence-corrected chi connectivity index (χ1v) is 7.94. The van der Waals surface area contributed by atoms with Crippen molar-refractivity contribution in [2.75, 3.05) is 0 Å². The fourth-order valence-electron chi connectivity index (χ4n) is 3.09. The zero-order valence-electron chi connectivity index (χ0n) is 13.7. The third-order valence-electron chi connectivity index (χ3n) is 4.20. The van der Waals surface area contributed by atoms with Crippen LogP contribution in [0.5, 0.6) is 0 Å². The van der Waals surface area contributed by atoms with Gasteiger partial charge in [0, 0.05) is 26.2 Å². The van der Waals surface area contributed by atoms with Crippen LogP contribution in [-0.4, -0.2) is 0 Å². The summed E-state index contributed by atoms with van der Waals surface area (Å²) in [5, 5.41) is 2.73. The minimum absolute atomic E-state index is 0. The molecular weight excluding hydrogens is 343 g/mol. The molecule has 0 N–H and O–H groups in total. The molecule has 0 aliphatic rings. The van der Waals surface area contributed by atoms with E-state index < -0.39 is 0 Å². The van der Waals surface area contributed by atoms with E-state index in [0.29, 0.717) is 0 Å². The fourth-order valence-corrected chi connectivity index (χ4v) is 3.09. The molecule has 0 bridgehead atoms. The number of hydrogen-bond donors (Lipinski definition) is 0. The van der Waals surface area contributed by atoms with Gasteiger partial charge < -0.3 is 0 Å². The van der Waals surface area contributed by atoms with Crippen LogP contribution in [0.15, 0.2) is 48.5 Å². The summed E-state index contributed by atoms with van der Waals surface area (Å²) in [5.41, 5.74) is 6.81. The van der Waals surface area contributed by atoms with Gasteiger partial charge in [-0.25, -0.2) is 0 Å². The van der Waals surface area contributed by atoms with Crippen molar-refractivity contribution in [2.45, 2.75) is 40.0 Å². The molecule has 0 saturated heterocycles. The second kappa shape index (κ2) is 7.47. The fraction of sp³-hybridized carbons (Fsp3) is 0.286. The molecule has 3 aromatic rings. The Hall–Kier alpha value is -1.07. The Morgan fingerprint density at radius 3 is 2.36 bits per heavy atom. The molecule has 0 aliphatic heterocycles. The molecule has 0 amide bonds. The summed E-state index contributed by atoms with van der Waals surface area (Å²) in [7, 11) is 0. The van der Waals surface area contributed by atoms with Crippen LogP contribution in [0.3, 0.4) is 0 Å². The van der Waals surface area contributed by atoms with Crippen molar-refractivity contribution in [3.8, 4) is 11.1 Å². The van der Waals surface area contributed by atoms with Crippen molar-refractivity contribution in [2.24, 2.45) is 0 Å². The molecule has 0 unspecified atom stereocenters. The maximum absolute atomic E-state index is 2.31. The van der Waals surface area contributed by atoms with Crippen LogP contribution >= 0.6 is 0 Å². The predicted octanol–water partition coefficient (Wildman–Crippen LogP) is 6.18. The van der Waals surface area contributed by atoms with Crippen molar-refractivity contribution in [3.05, 3.63) is 65.2 Å². The van der Waals surface area contributed by atoms with Crippen LogP contribution in [0.25, 0.3) is 21.9 Å². The van der Waals surface area contributed by atoms with Crippen LogP contribution in [0.4, 0.5) is 0 Å². The summed E-state index contributed by atoms with van der Waals surface area (Å²) in [6.07, 6.45) is 3.72. The van der Waals surface area contributed by atoms with E-state index >= 15 is 0 Å². The van der Waals surface area contributed by atoms with E-state index in [-0.39, 0.29) is 26.2 Å². The third kappa shape index (κ3) is 3.63. The molecule has 112 valence electrons. The Morgan fingerprint density at radius 1 is 0.955 bits per heavy atom. The molecule has 3 aromatic carbocycles. The minimum atomic E-state index is 0. The molecule has 0 nitrogen and oxygen atoms in total. The van der Waals surface area contributed by atoms with E-state index in [1.54, 1.807) is 0 Å². The second-order valence-corrected chi connectivity index (χ2v) is 6.15. The molecule has 1 heteroatoms. The summed E-state index contributed by atoms with van der Waals surface area (Å²) >= 11 is 0. The summed E-state index contributed by atoms with van der Waals surface area (Å²) in [6.45, 7) is 6.60. The van der Waals surface area contributed by atoms with Crippen LogP contribution < -0.4 is 0 Å². The SMILES string of the molecule is CCCCc1ccc(-c2cc(C)cc3[cH-]c(C)cc23)cc1.[Zr]. The Kier molecular flexibility index (Phi) is 5.87. The Labute approximate surface area is 153 Å². The van der Waals surface area contributed by atoms with E-state index in [1.807, 2.05) is 0 Å². The molecule has 0 atom stereocenters. The topological polar surface area (TPSA) is 0 Å². The van der Waals surface area contributed by atoms with Crippen LogP contribution in [0.1, 0.15) is 36.5 Å². The van der Waals surface area contributed by atoms with Crippen LogP contribution in [0.2, 0.25) is 0 Å². The van der Waals surface area contributed by atoms with Gasteiger partial charge in [-0.2, -0.15) is 6.07 Å². The second-order valence-electron chi connectivity index (χ2n) is 6.15. The van der Waals surface area contributed by atoms with Gasteiger partial charge >= 0.3 is 0 Å². The Bertz CT molecular complexity index is 747. The van der Waals surface area contributed by atoms with Gasteiger partial charge in [-0.3, -0.25) is 0 Å².